The maximum atomic E-state index is 12.7. The van der Waals surface area contributed by atoms with Crippen molar-refractivity contribution in [3.05, 3.63) is 57.5 Å². The molecule has 2 rings (SSSR count). The zero-order valence-corrected chi connectivity index (χ0v) is 17.5. The van der Waals surface area contributed by atoms with Crippen LogP contribution in [0.1, 0.15) is 18.4 Å². The van der Waals surface area contributed by atoms with E-state index in [1.165, 1.54) is 0 Å². The van der Waals surface area contributed by atoms with Gasteiger partial charge in [0.2, 0.25) is 5.91 Å². The Bertz CT molecular complexity index is 936. The smallest absolute Gasteiger partial charge is 0.416 e. The number of rotatable bonds is 7. The van der Waals surface area contributed by atoms with Gasteiger partial charge in [-0.1, -0.05) is 27.5 Å². The average molecular weight is 508 g/mol. The van der Waals surface area contributed by atoms with Crippen molar-refractivity contribution in [2.24, 2.45) is 0 Å². The summed E-state index contributed by atoms with van der Waals surface area (Å²) in [5.74, 6) is -2.11. The molecular weight excluding hydrogens is 493 g/mol. The van der Waals surface area contributed by atoms with E-state index in [1.54, 1.807) is 24.3 Å². The SMILES string of the molecule is O=C(COC(=O)CCC(=O)Nc1cc(C(F)(F)F)ccc1Cl)Nc1ccc(Br)cc1. The summed E-state index contributed by atoms with van der Waals surface area (Å²) in [5.41, 5.74) is -0.686. The summed E-state index contributed by atoms with van der Waals surface area (Å²) in [5, 5.41) is 4.66. The molecule has 0 aromatic heterocycles. The van der Waals surface area contributed by atoms with Crippen LogP contribution in [-0.2, 0) is 25.3 Å². The monoisotopic (exact) mass is 506 g/mol. The molecule has 2 aromatic rings. The fraction of sp³-hybridized carbons (Fsp3) is 0.211. The van der Waals surface area contributed by atoms with E-state index in [2.05, 4.69) is 26.6 Å². The van der Waals surface area contributed by atoms with Crippen LogP contribution in [0.5, 0.6) is 0 Å². The fourth-order valence-corrected chi connectivity index (χ4v) is 2.60. The Kier molecular flexibility index (Phi) is 8.24. The maximum Gasteiger partial charge on any atom is 0.416 e. The number of amides is 2. The normalized spacial score (nSPS) is 11.0. The second-order valence-electron chi connectivity index (χ2n) is 5.96. The molecule has 11 heteroatoms. The second-order valence-corrected chi connectivity index (χ2v) is 7.28. The molecule has 2 aromatic carbocycles. The molecule has 0 atom stereocenters. The second kappa shape index (κ2) is 10.4. The zero-order chi connectivity index (χ0) is 22.3. The largest absolute Gasteiger partial charge is 0.456 e. The Morgan fingerprint density at radius 2 is 1.63 bits per heavy atom. The molecule has 0 heterocycles. The number of nitrogens with one attached hydrogen (secondary N) is 2. The van der Waals surface area contributed by atoms with Crippen LogP contribution in [0.4, 0.5) is 24.5 Å². The molecule has 0 spiro atoms. The lowest BCUT2D eigenvalue weighted by atomic mass is 10.2. The van der Waals surface area contributed by atoms with Crippen LogP contribution in [-0.4, -0.2) is 24.4 Å². The van der Waals surface area contributed by atoms with Crippen LogP contribution in [0, 0.1) is 0 Å². The minimum Gasteiger partial charge on any atom is -0.456 e. The first kappa shape index (κ1) is 23.7. The maximum absolute atomic E-state index is 12.7. The number of alkyl halides is 3. The Labute approximate surface area is 182 Å². The van der Waals surface area contributed by atoms with Crippen molar-refractivity contribution >= 4 is 56.7 Å². The van der Waals surface area contributed by atoms with Crippen molar-refractivity contribution in [1.82, 2.24) is 0 Å². The lowest BCUT2D eigenvalue weighted by molar-refractivity contribution is -0.147. The number of carbonyl (C=O) groups is 3. The molecular formula is C19H15BrClF3N2O4. The number of ether oxygens (including phenoxy) is 1. The van der Waals surface area contributed by atoms with Crippen molar-refractivity contribution in [3.8, 4) is 0 Å². The van der Waals surface area contributed by atoms with Gasteiger partial charge in [0.1, 0.15) is 0 Å². The summed E-state index contributed by atoms with van der Waals surface area (Å²) in [7, 11) is 0. The number of hydrogen-bond donors (Lipinski definition) is 2. The molecule has 0 radical (unpaired) electrons. The number of benzene rings is 2. The molecule has 160 valence electrons. The summed E-state index contributed by atoms with van der Waals surface area (Å²) in [4.78, 5) is 35.3. The van der Waals surface area contributed by atoms with Gasteiger partial charge in [-0.3, -0.25) is 14.4 Å². The van der Waals surface area contributed by atoms with Gasteiger partial charge in [0, 0.05) is 16.6 Å². The quantitative estimate of drug-likeness (QED) is 0.515. The average Bonchev–Trinajstić information content (AvgIpc) is 2.67. The van der Waals surface area contributed by atoms with E-state index in [0.717, 1.165) is 16.6 Å². The van der Waals surface area contributed by atoms with Crippen LogP contribution in [0.25, 0.3) is 0 Å². The fourth-order valence-electron chi connectivity index (χ4n) is 2.17. The van der Waals surface area contributed by atoms with Crippen LogP contribution in [0.3, 0.4) is 0 Å². The molecule has 0 aliphatic heterocycles. The van der Waals surface area contributed by atoms with Crippen molar-refractivity contribution in [3.63, 3.8) is 0 Å². The first-order valence-corrected chi connectivity index (χ1v) is 9.59. The van der Waals surface area contributed by atoms with Crippen molar-refractivity contribution < 1.29 is 32.3 Å². The van der Waals surface area contributed by atoms with Gasteiger partial charge in [0.25, 0.3) is 5.91 Å². The Hall–Kier alpha value is -2.59. The molecule has 0 saturated carbocycles. The third-order valence-electron chi connectivity index (χ3n) is 3.62. The molecule has 6 nitrogen and oxygen atoms in total. The predicted molar refractivity (Wildman–Crippen MR) is 108 cm³/mol. The number of esters is 1. The summed E-state index contributed by atoms with van der Waals surface area (Å²) >= 11 is 9.05. The van der Waals surface area contributed by atoms with Gasteiger partial charge >= 0.3 is 12.1 Å². The van der Waals surface area contributed by atoms with Crippen molar-refractivity contribution in [2.45, 2.75) is 19.0 Å². The van der Waals surface area contributed by atoms with E-state index < -0.39 is 36.1 Å². The zero-order valence-electron chi connectivity index (χ0n) is 15.2. The summed E-state index contributed by atoms with van der Waals surface area (Å²) in [6, 6.07) is 9.23. The van der Waals surface area contributed by atoms with Gasteiger partial charge in [0.15, 0.2) is 6.61 Å². The minimum atomic E-state index is -4.59. The standard InChI is InChI=1S/C19H15BrClF3N2O4/c20-12-2-4-13(5-3-12)25-17(28)10-30-18(29)8-7-16(27)26-15-9-11(19(22,23)24)1-6-14(15)21/h1-6,9H,7-8,10H2,(H,25,28)(H,26,27). The predicted octanol–water partition coefficient (Wildman–Crippen LogP) is 5.02. The van der Waals surface area contributed by atoms with Gasteiger partial charge in [-0.05, 0) is 42.5 Å². The molecule has 0 aliphatic carbocycles. The lowest BCUT2D eigenvalue weighted by Gasteiger charge is -2.11. The summed E-state index contributed by atoms with van der Waals surface area (Å²) < 4.78 is 43.8. The highest BCUT2D eigenvalue weighted by Crippen LogP contribution is 2.33. The summed E-state index contributed by atoms with van der Waals surface area (Å²) in [6.45, 7) is -0.546. The van der Waals surface area contributed by atoms with Gasteiger partial charge in [-0.25, -0.2) is 0 Å². The highest BCUT2D eigenvalue weighted by atomic mass is 79.9. The molecule has 0 unspecified atom stereocenters. The van der Waals surface area contributed by atoms with Gasteiger partial charge < -0.3 is 15.4 Å². The van der Waals surface area contributed by atoms with E-state index in [0.29, 0.717) is 11.8 Å². The highest BCUT2D eigenvalue weighted by molar-refractivity contribution is 9.10. The minimum absolute atomic E-state index is 0.0801. The number of hydrogen-bond acceptors (Lipinski definition) is 4. The lowest BCUT2D eigenvalue weighted by Crippen LogP contribution is -2.21. The number of anilines is 2. The molecule has 0 fully saturated rings. The summed E-state index contributed by atoms with van der Waals surface area (Å²) in [6.07, 6.45) is -5.32. The number of halogens is 5. The van der Waals surface area contributed by atoms with Gasteiger partial charge in [0.05, 0.1) is 22.7 Å². The topological polar surface area (TPSA) is 84.5 Å². The molecule has 0 aliphatic rings. The van der Waals surface area contributed by atoms with Gasteiger partial charge in [-0.15, -0.1) is 0 Å². The molecule has 0 bridgehead atoms. The van der Waals surface area contributed by atoms with E-state index in [4.69, 9.17) is 16.3 Å². The van der Waals surface area contributed by atoms with E-state index >= 15 is 0 Å². The number of carbonyl (C=O) groups excluding carboxylic acids is 3. The van der Waals surface area contributed by atoms with Crippen LogP contribution >= 0.6 is 27.5 Å². The van der Waals surface area contributed by atoms with Crippen LogP contribution in [0.15, 0.2) is 46.9 Å². The van der Waals surface area contributed by atoms with Gasteiger partial charge in [-0.2, -0.15) is 13.2 Å². The Balaban J connectivity index is 1.77. The Morgan fingerprint density at radius 3 is 2.27 bits per heavy atom. The molecule has 2 amide bonds. The van der Waals surface area contributed by atoms with Crippen LogP contribution in [0.2, 0.25) is 5.02 Å². The first-order chi connectivity index (χ1) is 14.0. The van der Waals surface area contributed by atoms with E-state index in [9.17, 15) is 27.6 Å². The van der Waals surface area contributed by atoms with E-state index in [-0.39, 0.29) is 23.6 Å². The van der Waals surface area contributed by atoms with Crippen molar-refractivity contribution in [2.75, 3.05) is 17.2 Å². The van der Waals surface area contributed by atoms with Crippen molar-refractivity contribution in [1.29, 1.82) is 0 Å². The van der Waals surface area contributed by atoms with E-state index in [1.807, 2.05) is 0 Å². The molecule has 2 N–H and O–H groups in total. The first-order valence-electron chi connectivity index (χ1n) is 8.42. The highest BCUT2D eigenvalue weighted by Gasteiger charge is 2.31. The van der Waals surface area contributed by atoms with Crippen LogP contribution < -0.4 is 10.6 Å². The molecule has 0 saturated heterocycles. The third kappa shape index (κ3) is 7.68. The third-order valence-corrected chi connectivity index (χ3v) is 4.47. The Morgan fingerprint density at radius 1 is 0.967 bits per heavy atom. The molecule has 30 heavy (non-hydrogen) atoms.